The first-order valence-corrected chi connectivity index (χ1v) is 7.02. The lowest BCUT2D eigenvalue weighted by atomic mass is 10.1. The molecule has 8 heteroatoms. The topological polar surface area (TPSA) is 89.7 Å². The minimum absolute atomic E-state index is 0.208. The van der Waals surface area contributed by atoms with Gasteiger partial charge in [-0.05, 0) is 24.1 Å². The van der Waals surface area contributed by atoms with Gasteiger partial charge in [-0.2, -0.15) is 4.98 Å². The van der Waals surface area contributed by atoms with Gasteiger partial charge in [-0.1, -0.05) is 6.07 Å². The lowest BCUT2D eigenvalue weighted by molar-refractivity contribution is 0.0683. The van der Waals surface area contributed by atoms with Crippen LogP contribution in [0.25, 0.3) is 0 Å². The highest BCUT2D eigenvalue weighted by Gasteiger charge is 2.16. The monoisotopic (exact) mass is 320 g/mol. The molecular weight excluding hydrogens is 300 g/mol. The first-order valence-electron chi connectivity index (χ1n) is 7.02. The van der Waals surface area contributed by atoms with Crippen molar-refractivity contribution < 1.29 is 19.4 Å². The molecule has 0 aliphatic rings. The van der Waals surface area contributed by atoms with Crippen LogP contribution in [0.15, 0.2) is 18.2 Å². The Morgan fingerprint density at radius 3 is 2.57 bits per heavy atom. The Morgan fingerprint density at radius 1 is 1.30 bits per heavy atom. The van der Waals surface area contributed by atoms with Crippen molar-refractivity contribution in [3.8, 4) is 11.5 Å². The zero-order valence-electron chi connectivity index (χ0n) is 13.6. The van der Waals surface area contributed by atoms with Gasteiger partial charge in [-0.3, -0.25) is 0 Å². The highest BCUT2D eigenvalue weighted by molar-refractivity contribution is 5.83. The van der Waals surface area contributed by atoms with Gasteiger partial charge in [0.05, 0.1) is 14.2 Å². The second kappa shape index (κ2) is 6.99. The van der Waals surface area contributed by atoms with E-state index in [9.17, 15) is 4.79 Å². The number of anilines is 1. The van der Waals surface area contributed by atoms with Crippen LogP contribution in [0.1, 0.15) is 16.2 Å². The fourth-order valence-corrected chi connectivity index (χ4v) is 2.23. The molecule has 0 atom stereocenters. The predicted molar refractivity (Wildman–Crippen MR) is 84.5 cm³/mol. The average Bonchev–Trinajstić information content (AvgIpc) is 2.94. The number of carbonyl (C=O) groups is 1. The van der Waals surface area contributed by atoms with Crippen molar-refractivity contribution in [1.29, 1.82) is 0 Å². The van der Waals surface area contributed by atoms with E-state index in [-0.39, 0.29) is 5.82 Å². The Bertz CT molecular complexity index is 699. The first-order chi connectivity index (χ1) is 11.0. The molecule has 0 saturated heterocycles. The molecule has 1 aromatic heterocycles. The molecule has 8 nitrogen and oxygen atoms in total. The second-order valence-corrected chi connectivity index (χ2v) is 5.03. The molecule has 0 amide bonds. The number of rotatable bonds is 7. The second-order valence-electron chi connectivity index (χ2n) is 5.03. The third-order valence-electron chi connectivity index (χ3n) is 3.46. The number of ether oxygens (including phenoxy) is 2. The van der Waals surface area contributed by atoms with Crippen molar-refractivity contribution in [3.05, 3.63) is 29.6 Å². The van der Waals surface area contributed by atoms with Gasteiger partial charge in [0.15, 0.2) is 11.5 Å². The Kier molecular flexibility index (Phi) is 5.05. The predicted octanol–water partition coefficient (Wildman–Crippen LogP) is 1.21. The molecule has 0 spiro atoms. The largest absolute Gasteiger partial charge is 0.493 e. The number of hydrogen-bond donors (Lipinski definition) is 1. The number of carboxylic acid groups (broad SMARTS) is 1. The van der Waals surface area contributed by atoms with Gasteiger partial charge in [0.1, 0.15) is 0 Å². The maximum absolute atomic E-state index is 10.9. The number of carboxylic acids is 1. The van der Waals surface area contributed by atoms with Gasteiger partial charge in [0.2, 0.25) is 5.95 Å². The van der Waals surface area contributed by atoms with Gasteiger partial charge in [-0.15, -0.1) is 5.10 Å². The van der Waals surface area contributed by atoms with E-state index in [2.05, 4.69) is 10.1 Å². The van der Waals surface area contributed by atoms with Crippen LogP contribution >= 0.6 is 0 Å². The summed E-state index contributed by atoms with van der Waals surface area (Å²) >= 11 is 0. The quantitative estimate of drug-likeness (QED) is 0.820. The molecule has 0 aliphatic heterocycles. The van der Waals surface area contributed by atoms with Gasteiger partial charge in [0.25, 0.3) is 5.82 Å². The minimum Gasteiger partial charge on any atom is -0.493 e. The van der Waals surface area contributed by atoms with Crippen LogP contribution in [0.4, 0.5) is 5.95 Å². The summed E-state index contributed by atoms with van der Waals surface area (Å²) in [5.74, 6) is 0.520. The van der Waals surface area contributed by atoms with Crippen LogP contribution in [0, 0.1) is 0 Å². The molecule has 0 radical (unpaired) electrons. The van der Waals surface area contributed by atoms with Gasteiger partial charge in [-0.25, -0.2) is 9.48 Å². The van der Waals surface area contributed by atoms with Crippen molar-refractivity contribution in [2.24, 2.45) is 7.05 Å². The Labute approximate surface area is 134 Å². The van der Waals surface area contributed by atoms with Crippen molar-refractivity contribution in [1.82, 2.24) is 14.8 Å². The summed E-state index contributed by atoms with van der Waals surface area (Å²) in [5.41, 5.74) is 1.08. The lowest BCUT2D eigenvalue weighted by Gasteiger charge is -2.17. The van der Waals surface area contributed by atoms with E-state index in [4.69, 9.17) is 14.6 Å². The smallest absolute Gasteiger partial charge is 0.375 e. The summed E-state index contributed by atoms with van der Waals surface area (Å²) in [4.78, 5) is 16.8. The number of likely N-dealkylation sites (N-methyl/N-ethyl adjacent to an activating group) is 1. The zero-order valence-corrected chi connectivity index (χ0v) is 13.6. The zero-order chi connectivity index (χ0) is 17.0. The lowest BCUT2D eigenvalue weighted by Crippen LogP contribution is -2.23. The molecule has 1 aromatic carbocycles. The fraction of sp³-hybridized carbons (Fsp3) is 0.400. The van der Waals surface area contributed by atoms with Gasteiger partial charge in [0, 0.05) is 20.6 Å². The summed E-state index contributed by atoms with van der Waals surface area (Å²) < 4.78 is 12.0. The molecular formula is C15H20N4O4. The highest BCUT2D eigenvalue weighted by Crippen LogP contribution is 2.27. The van der Waals surface area contributed by atoms with E-state index in [0.29, 0.717) is 24.0 Å². The Hall–Kier alpha value is -2.77. The molecule has 0 unspecified atom stereocenters. The van der Waals surface area contributed by atoms with E-state index >= 15 is 0 Å². The SMILES string of the molecule is COc1ccc(CCN(C)c2nc(C(=O)O)nn2C)cc1OC. The van der Waals surface area contributed by atoms with Crippen LogP contribution in [0.3, 0.4) is 0 Å². The van der Waals surface area contributed by atoms with E-state index in [1.165, 1.54) is 4.68 Å². The summed E-state index contributed by atoms with van der Waals surface area (Å²) in [5, 5.41) is 12.8. The molecule has 2 rings (SSSR count). The number of methoxy groups -OCH3 is 2. The normalized spacial score (nSPS) is 10.4. The van der Waals surface area contributed by atoms with Crippen LogP contribution in [0.5, 0.6) is 11.5 Å². The number of hydrogen-bond acceptors (Lipinski definition) is 6. The standard InChI is InChI=1S/C15H20N4O4/c1-18(15-16-13(14(20)21)17-19(15)2)8-7-10-5-6-11(22-3)12(9-10)23-4/h5-6,9H,7-8H2,1-4H3,(H,20,21). The average molecular weight is 320 g/mol. The third-order valence-corrected chi connectivity index (χ3v) is 3.46. The maximum Gasteiger partial charge on any atom is 0.375 e. The molecule has 0 aliphatic carbocycles. The van der Waals surface area contributed by atoms with E-state index in [1.54, 1.807) is 21.3 Å². The van der Waals surface area contributed by atoms with E-state index < -0.39 is 5.97 Å². The van der Waals surface area contributed by atoms with Crippen molar-refractivity contribution >= 4 is 11.9 Å². The highest BCUT2D eigenvalue weighted by atomic mass is 16.5. The summed E-state index contributed by atoms with van der Waals surface area (Å²) in [6, 6.07) is 5.75. The fourth-order valence-electron chi connectivity index (χ4n) is 2.23. The Balaban J connectivity index is 2.07. The molecule has 0 fully saturated rings. The Morgan fingerprint density at radius 2 is 2.00 bits per heavy atom. The number of nitrogens with zero attached hydrogens (tertiary/aromatic N) is 4. The number of aryl methyl sites for hydroxylation is 1. The molecule has 0 saturated carbocycles. The van der Waals surface area contributed by atoms with Crippen LogP contribution in [-0.4, -0.2) is 53.7 Å². The summed E-state index contributed by atoms with van der Waals surface area (Å²) in [7, 11) is 6.71. The van der Waals surface area contributed by atoms with E-state index in [0.717, 1.165) is 12.0 Å². The van der Waals surface area contributed by atoms with Gasteiger partial charge < -0.3 is 19.5 Å². The number of benzene rings is 1. The molecule has 124 valence electrons. The van der Waals surface area contributed by atoms with Crippen molar-refractivity contribution in [3.63, 3.8) is 0 Å². The molecule has 1 heterocycles. The number of aromatic nitrogens is 3. The first kappa shape index (κ1) is 16.6. The van der Waals surface area contributed by atoms with Crippen LogP contribution in [0.2, 0.25) is 0 Å². The molecule has 23 heavy (non-hydrogen) atoms. The maximum atomic E-state index is 10.9. The number of aromatic carboxylic acids is 1. The summed E-state index contributed by atoms with van der Waals surface area (Å²) in [6.45, 7) is 0.654. The van der Waals surface area contributed by atoms with Crippen molar-refractivity contribution in [2.75, 3.05) is 32.7 Å². The third kappa shape index (κ3) is 3.71. The molecule has 0 bridgehead atoms. The van der Waals surface area contributed by atoms with E-state index in [1.807, 2.05) is 30.1 Å². The summed E-state index contributed by atoms with van der Waals surface area (Å²) in [6.07, 6.45) is 0.742. The molecule has 1 N–H and O–H groups in total. The van der Waals surface area contributed by atoms with Crippen LogP contribution in [-0.2, 0) is 13.5 Å². The molecule has 2 aromatic rings. The van der Waals surface area contributed by atoms with Crippen LogP contribution < -0.4 is 14.4 Å². The van der Waals surface area contributed by atoms with Gasteiger partial charge >= 0.3 is 5.97 Å². The minimum atomic E-state index is -1.14. The van der Waals surface area contributed by atoms with Crippen molar-refractivity contribution in [2.45, 2.75) is 6.42 Å².